The molecule has 2 nitrogen and oxygen atoms in total. The average Bonchev–Trinajstić information content (AvgIpc) is 2.32. The molecular weight excluding hydrogens is 358 g/mol. The maximum absolute atomic E-state index is 12.5. The van der Waals surface area contributed by atoms with Gasteiger partial charge < -0.3 is 4.90 Å². The second-order valence-corrected chi connectivity index (χ2v) is 6.25. The summed E-state index contributed by atoms with van der Waals surface area (Å²) < 4.78 is 1.04. The van der Waals surface area contributed by atoms with Gasteiger partial charge in [-0.25, -0.2) is 0 Å². The topological polar surface area (TPSA) is 20.3 Å². The van der Waals surface area contributed by atoms with Gasteiger partial charge in [0, 0.05) is 28.0 Å². The molecule has 0 aliphatic carbocycles. The van der Waals surface area contributed by atoms with Crippen LogP contribution in [0.4, 0.5) is 0 Å². The van der Waals surface area contributed by atoms with Crippen LogP contribution >= 0.6 is 31.9 Å². The Kier molecular flexibility index (Phi) is 6.36. The lowest BCUT2D eigenvalue weighted by atomic mass is 10.1. The highest BCUT2D eigenvalue weighted by Gasteiger charge is 2.18. The number of alkyl halides is 1. The van der Waals surface area contributed by atoms with E-state index in [1.165, 1.54) is 0 Å². The third-order valence-electron chi connectivity index (χ3n) is 2.82. The fourth-order valence-corrected chi connectivity index (χ4v) is 2.27. The van der Waals surface area contributed by atoms with Gasteiger partial charge in [-0.3, -0.25) is 4.79 Å². The highest BCUT2D eigenvalue weighted by atomic mass is 79.9. The summed E-state index contributed by atoms with van der Waals surface area (Å²) >= 11 is 6.86. The molecule has 0 heterocycles. The minimum absolute atomic E-state index is 0.113. The molecule has 4 heteroatoms. The van der Waals surface area contributed by atoms with Crippen molar-refractivity contribution in [2.75, 3.05) is 11.9 Å². The molecule has 1 rings (SSSR count). The number of benzene rings is 1. The van der Waals surface area contributed by atoms with Crippen molar-refractivity contribution in [2.24, 2.45) is 0 Å². The molecule has 0 bridgehead atoms. The smallest absolute Gasteiger partial charge is 0.254 e. The van der Waals surface area contributed by atoms with Crippen LogP contribution in [-0.4, -0.2) is 28.7 Å². The number of halogens is 2. The van der Waals surface area contributed by atoms with Crippen molar-refractivity contribution in [1.82, 2.24) is 4.90 Å². The van der Waals surface area contributed by atoms with Crippen LogP contribution in [-0.2, 0) is 0 Å². The highest BCUT2D eigenvalue weighted by molar-refractivity contribution is 9.10. The molecule has 0 spiro atoms. The lowest BCUT2D eigenvalue weighted by Crippen LogP contribution is -2.37. The first kappa shape index (κ1) is 15.7. The zero-order valence-corrected chi connectivity index (χ0v) is 14.2. The minimum Gasteiger partial charge on any atom is -0.336 e. The van der Waals surface area contributed by atoms with Crippen LogP contribution in [0.1, 0.15) is 36.2 Å². The van der Waals surface area contributed by atoms with Gasteiger partial charge in [0.1, 0.15) is 0 Å². The molecule has 1 amide bonds. The molecule has 0 aliphatic rings. The summed E-state index contributed by atoms with van der Waals surface area (Å²) in [5, 5.41) is 0.920. The summed E-state index contributed by atoms with van der Waals surface area (Å²) in [5.41, 5.74) is 1.85. The number of carbonyl (C=O) groups is 1. The Bertz CT molecular complexity index is 418. The Balaban J connectivity index is 2.91. The summed E-state index contributed by atoms with van der Waals surface area (Å²) in [4.78, 5) is 14.4. The maximum atomic E-state index is 12.5. The number of amides is 1. The van der Waals surface area contributed by atoms with Crippen LogP contribution in [0, 0.1) is 6.92 Å². The lowest BCUT2D eigenvalue weighted by Gasteiger charge is -2.26. The number of hydrogen-bond acceptors (Lipinski definition) is 1. The van der Waals surface area contributed by atoms with Gasteiger partial charge >= 0.3 is 0 Å². The van der Waals surface area contributed by atoms with Crippen molar-refractivity contribution >= 4 is 37.8 Å². The Morgan fingerprint density at radius 2 is 2.06 bits per heavy atom. The molecule has 100 valence electrons. The predicted octanol–water partition coefficient (Wildman–Crippen LogP) is 4.39. The van der Waals surface area contributed by atoms with Gasteiger partial charge in [0.05, 0.1) is 0 Å². The van der Waals surface area contributed by atoms with E-state index in [2.05, 4.69) is 45.7 Å². The summed E-state index contributed by atoms with van der Waals surface area (Å²) in [6, 6.07) is 5.98. The largest absolute Gasteiger partial charge is 0.336 e. The number of hydrogen-bond donors (Lipinski definition) is 0. The van der Waals surface area contributed by atoms with Gasteiger partial charge in [-0.1, -0.05) is 31.9 Å². The number of aryl methyl sites for hydroxylation is 1. The molecule has 1 aromatic rings. The zero-order chi connectivity index (χ0) is 13.7. The molecule has 0 N–H and O–H groups in total. The zero-order valence-electron chi connectivity index (χ0n) is 11.0. The van der Waals surface area contributed by atoms with E-state index in [0.717, 1.165) is 33.9 Å². The summed E-state index contributed by atoms with van der Waals surface area (Å²) in [5.74, 6) is 0.113. The monoisotopic (exact) mass is 375 g/mol. The molecule has 0 aliphatic heterocycles. The van der Waals surface area contributed by atoms with Gasteiger partial charge in [0.2, 0.25) is 0 Å². The number of nitrogens with zero attached hydrogens (tertiary/aromatic N) is 1. The Hall–Kier alpha value is -0.350. The molecule has 0 saturated carbocycles. The maximum Gasteiger partial charge on any atom is 0.254 e. The van der Waals surface area contributed by atoms with E-state index in [-0.39, 0.29) is 11.9 Å². The normalized spacial score (nSPS) is 10.8. The van der Waals surface area contributed by atoms with Gasteiger partial charge in [0.25, 0.3) is 5.91 Å². The van der Waals surface area contributed by atoms with Crippen LogP contribution in [0.25, 0.3) is 0 Å². The summed E-state index contributed by atoms with van der Waals surface area (Å²) in [7, 11) is 0. The first-order chi connectivity index (χ1) is 8.47. The first-order valence-corrected chi connectivity index (χ1v) is 8.02. The third kappa shape index (κ3) is 4.09. The molecule has 1 aromatic carbocycles. The molecule has 0 unspecified atom stereocenters. The Labute approximate surface area is 126 Å². The van der Waals surface area contributed by atoms with Crippen LogP contribution < -0.4 is 0 Å². The second-order valence-electron chi connectivity index (χ2n) is 4.60. The Morgan fingerprint density at radius 1 is 1.39 bits per heavy atom. The van der Waals surface area contributed by atoms with Crippen molar-refractivity contribution < 1.29 is 4.79 Å². The fraction of sp³-hybridized carbons (Fsp3) is 0.500. The van der Waals surface area contributed by atoms with Crippen LogP contribution in [0.5, 0.6) is 0 Å². The van der Waals surface area contributed by atoms with Gasteiger partial charge in [-0.15, -0.1) is 0 Å². The summed E-state index contributed by atoms with van der Waals surface area (Å²) in [6.45, 7) is 6.89. The highest BCUT2D eigenvalue weighted by Crippen LogP contribution is 2.19. The minimum atomic E-state index is 0.113. The second kappa shape index (κ2) is 7.29. The average molecular weight is 377 g/mol. The van der Waals surface area contributed by atoms with Gasteiger partial charge in [0.15, 0.2) is 0 Å². The molecule has 0 radical (unpaired) electrons. The van der Waals surface area contributed by atoms with Crippen LogP contribution in [0.3, 0.4) is 0 Å². The lowest BCUT2D eigenvalue weighted by molar-refractivity contribution is 0.0706. The van der Waals surface area contributed by atoms with E-state index in [1.54, 1.807) is 0 Å². The van der Waals surface area contributed by atoms with Crippen molar-refractivity contribution in [3.63, 3.8) is 0 Å². The fourth-order valence-electron chi connectivity index (χ4n) is 1.77. The van der Waals surface area contributed by atoms with Crippen molar-refractivity contribution in [1.29, 1.82) is 0 Å². The van der Waals surface area contributed by atoms with Crippen molar-refractivity contribution in [3.05, 3.63) is 33.8 Å². The van der Waals surface area contributed by atoms with E-state index in [0.29, 0.717) is 0 Å². The molecular formula is C14H19Br2NO. The molecule has 0 fully saturated rings. The van der Waals surface area contributed by atoms with E-state index in [4.69, 9.17) is 0 Å². The number of carbonyl (C=O) groups excluding carboxylic acids is 1. The van der Waals surface area contributed by atoms with Crippen LogP contribution in [0.15, 0.2) is 22.7 Å². The van der Waals surface area contributed by atoms with E-state index in [9.17, 15) is 4.79 Å². The quantitative estimate of drug-likeness (QED) is 0.697. The SMILES string of the molecule is Cc1cc(C(=O)N(CCCBr)C(C)C)ccc1Br. The molecule has 0 aromatic heterocycles. The standard InChI is InChI=1S/C14H19Br2NO/c1-10(2)17(8-4-7-15)14(18)12-5-6-13(16)11(3)9-12/h5-6,9-10H,4,7-8H2,1-3H3. The number of rotatable bonds is 5. The first-order valence-electron chi connectivity index (χ1n) is 6.10. The van der Waals surface area contributed by atoms with Crippen molar-refractivity contribution in [2.45, 2.75) is 33.2 Å². The van der Waals surface area contributed by atoms with Crippen LogP contribution in [0.2, 0.25) is 0 Å². The van der Waals surface area contributed by atoms with E-state index < -0.39 is 0 Å². The van der Waals surface area contributed by atoms with Gasteiger partial charge in [-0.05, 0) is 51.0 Å². The predicted molar refractivity (Wildman–Crippen MR) is 83.5 cm³/mol. The van der Waals surface area contributed by atoms with E-state index in [1.807, 2.05) is 30.0 Å². The van der Waals surface area contributed by atoms with Crippen molar-refractivity contribution in [3.8, 4) is 0 Å². The third-order valence-corrected chi connectivity index (χ3v) is 4.27. The van der Waals surface area contributed by atoms with E-state index >= 15 is 0 Å². The van der Waals surface area contributed by atoms with Gasteiger partial charge in [-0.2, -0.15) is 0 Å². The summed E-state index contributed by atoms with van der Waals surface area (Å²) in [6.07, 6.45) is 0.972. The Morgan fingerprint density at radius 3 is 2.56 bits per heavy atom. The molecule has 0 saturated heterocycles. The molecule has 0 atom stereocenters. The molecule has 18 heavy (non-hydrogen) atoms.